The minimum atomic E-state index is -0.593. The van der Waals surface area contributed by atoms with Gasteiger partial charge in [-0.25, -0.2) is 0 Å². The predicted octanol–water partition coefficient (Wildman–Crippen LogP) is 5.68. The molecule has 2 aromatic carbocycles. The van der Waals surface area contributed by atoms with E-state index in [9.17, 15) is 14.7 Å². The molecule has 156 valence electrons. The number of halogens is 1. The Hall–Kier alpha value is -2.40. The molecule has 2 aromatic rings. The fourth-order valence-corrected chi connectivity index (χ4v) is 4.87. The van der Waals surface area contributed by atoms with E-state index in [1.165, 1.54) is 5.56 Å². The van der Waals surface area contributed by atoms with E-state index in [4.69, 9.17) is 0 Å². The average Bonchev–Trinajstić information content (AvgIpc) is 3.36. The van der Waals surface area contributed by atoms with Gasteiger partial charge in [0, 0.05) is 16.1 Å². The van der Waals surface area contributed by atoms with Gasteiger partial charge in [-0.2, -0.15) is 0 Å². The molecule has 2 aliphatic rings. The maximum absolute atomic E-state index is 13.1. The van der Waals surface area contributed by atoms with E-state index < -0.39 is 17.7 Å². The number of aliphatic hydroxyl groups is 1. The van der Waals surface area contributed by atoms with Crippen LogP contribution >= 0.6 is 15.9 Å². The summed E-state index contributed by atoms with van der Waals surface area (Å²) in [6.45, 7) is 4.02. The summed E-state index contributed by atoms with van der Waals surface area (Å²) in [6, 6.07) is 13.0. The van der Waals surface area contributed by atoms with E-state index in [1.54, 1.807) is 11.0 Å². The highest BCUT2D eigenvalue weighted by atomic mass is 79.9. The number of aryl methyl sites for hydroxylation is 2. The van der Waals surface area contributed by atoms with Gasteiger partial charge in [0.05, 0.1) is 11.6 Å². The molecule has 0 bridgehead atoms. The van der Waals surface area contributed by atoms with Gasteiger partial charge in [0.2, 0.25) is 0 Å². The van der Waals surface area contributed by atoms with E-state index in [1.807, 2.05) is 43.3 Å². The van der Waals surface area contributed by atoms with Crippen molar-refractivity contribution in [2.45, 2.75) is 58.0 Å². The monoisotopic (exact) mass is 467 g/mol. The summed E-state index contributed by atoms with van der Waals surface area (Å²) in [5.41, 5.74) is 3.76. The number of carbonyl (C=O) groups excluding carboxylic acids is 2. The van der Waals surface area contributed by atoms with Crippen molar-refractivity contribution in [3.05, 3.63) is 74.8 Å². The molecule has 1 N–H and O–H groups in total. The van der Waals surface area contributed by atoms with Crippen LogP contribution in [0.1, 0.15) is 60.9 Å². The number of aliphatic hydroxyl groups excluding tert-OH is 1. The van der Waals surface area contributed by atoms with E-state index >= 15 is 0 Å². The van der Waals surface area contributed by atoms with Crippen LogP contribution in [-0.2, 0) is 16.0 Å². The SMILES string of the molecule is CCc1ccc(C2/C(=C(/O)c3ccc(Br)c(C)c3)C(=O)C(=O)N2C2CCCC2)cc1. The molecule has 1 saturated heterocycles. The lowest BCUT2D eigenvalue weighted by atomic mass is 9.93. The summed E-state index contributed by atoms with van der Waals surface area (Å²) in [5.74, 6) is -1.19. The van der Waals surface area contributed by atoms with Gasteiger partial charge in [-0.1, -0.05) is 66.0 Å². The molecule has 4 nitrogen and oxygen atoms in total. The van der Waals surface area contributed by atoms with Crippen LogP contribution in [-0.4, -0.2) is 27.7 Å². The molecule has 0 radical (unpaired) electrons. The van der Waals surface area contributed by atoms with E-state index in [2.05, 4.69) is 22.9 Å². The van der Waals surface area contributed by atoms with Crippen LogP contribution in [0.5, 0.6) is 0 Å². The first-order valence-corrected chi connectivity index (χ1v) is 11.4. The Bertz CT molecular complexity index is 1020. The maximum atomic E-state index is 13.1. The van der Waals surface area contributed by atoms with Crippen LogP contribution in [0.4, 0.5) is 0 Å². The van der Waals surface area contributed by atoms with Crippen LogP contribution < -0.4 is 0 Å². The standard InChI is InChI=1S/C25H26BrNO3/c1-3-16-8-10-17(11-9-16)22-21(23(28)18-12-13-20(26)15(2)14-18)24(29)25(30)27(22)19-6-4-5-7-19/h8-14,19,22,28H,3-7H2,1-2H3/b23-21-. The number of hydrogen-bond donors (Lipinski definition) is 1. The number of hydrogen-bond acceptors (Lipinski definition) is 3. The van der Waals surface area contributed by atoms with Gasteiger partial charge < -0.3 is 10.0 Å². The molecule has 1 aliphatic heterocycles. The van der Waals surface area contributed by atoms with Crippen LogP contribution in [0.15, 0.2) is 52.5 Å². The zero-order valence-electron chi connectivity index (χ0n) is 17.3. The number of ketones is 1. The lowest BCUT2D eigenvalue weighted by molar-refractivity contribution is -0.141. The van der Waals surface area contributed by atoms with Gasteiger partial charge in [0.15, 0.2) is 0 Å². The highest BCUT2D eigenvalue weighted by Crippen LogP contribution is 2.43. The molecule has 5 heteroatoms. The topological polar surface area (TPSA) is 57.6 Å². The molecule has 1 unspecified atom stereocenters. The van der Waals surface area contributed by atoms with E-state index in [0.29, 0.717) is 5.56 Å². The lowest BCUT2D eigenvalue weighted by Gasteiger charge is -2.30. The number of nitrogens with zero attached hydrogens (tertiary/aromatic N) is 1. The van der Waals surface area contributed by atoms with Gasteiger partial charge in [-0.05, 0) is 55.0 Å². The number of Topliss-reactive ketones (excluding diaryl/α,β-unsaturated/α-hetero) is 1. The molecule has 2 fully saturated rings. The van der Waals surface area contributed by atoms with Gasteiger partial charge in [-0.15, -0.1) is 0 Å². The van der Waals surface area contributed by atoms with E-state index in [0.717, 1.165) is 47.7 Å². The normalized spacial score (nSPS) is 21.6. The summed E-state index contributed by atoms with van der Waals surface area (Å²) in [5, 5.41) is 11.2. The molecule has 0 spiro atoms. The lowest BCUT2D eigenvalue weighted by Crippen LogP contribution is -2.37. The smallest absolute Gasteiger partial charge is 0.295 e. The summed E-state index contributed by atoms with van der Waals surface area (Å²) in [7, 11) is 0. The minimum absolute atomic E-state index is 0.0363. The first-order valence-electron chi connectivity index (χ1n) is 10.6. The number of likely N-dealkylation sites (tertiary alicyclic amines) is 1. The summed E-state index contributed by atoms with van der Waals surface area (Å²) in [4.78, 5) is 27.9. The molecular formula is C25H26BrNO3. The van der Waals surface area contributed by atoms with Gasteiger partial charge in [0.25, 0.3) is 11.7 Å². The maximum Gasteiger partial charge on any atom is 0.295 e. The molecule has 1 aliphatic carbocycles. The second-order valence-electron chi connectivity index (χ2n) is 8.20. The highest BCUT2D eigenvalue weighted by molar-refractivity contribution is 9.10. The molecule has 1 atom stereocenters. The summed E-state index contributed by atoms with van der Waals surface area (Å²) in [6.07, 6.45) is 4.82. The fourth-order valence-electron chi connectivity index (χ4n) is 4.62. The third-order valence-corrected chi connectivity index (χ3v) is 7.22. The van der Waals surface area contributed by atoms with Crippen molar-refractivity contribution in [3.8, 4) is 0 Å². The average molecular weight is 468 g/mol. The zero-order valence-corrected chi connectivity index (χ0v) is 18.9. The van der Waals surface area contributed by atoms with Crippen molar-refractivity contribution in [1.29, 1.82) is 0 Å². The Balaban J connectivity index is 1.87. The summed E-state index contributed by atoms with van der Waals surface area (Å²) < 4.78 is 0.928. The Morgan fingerprint density at radius 1 is 1.10 bits per heavy atom. The molecule has 1 amide bonds. The Morgan fingerprint density at radius 3 is 2.37 bits per heavy atom. The minimum Gasteiger partial charge on any atom is -0.507 e. The zero-order chi connectivity index (χ0) is 21.4. The first kappa shape index (κ1) is 20.9. The molecule has 30 heavy (non-hydrogen) atoms. The Kier molecular flexibility index (Phi) is 5.83. The number of amides is 1. The Labute approximate surface area is 185 Å². The van der Waals surface area contributed by atoms with Crippen LogP contribution in [0.25, 0.3) is 5.76 Å². The van der Waals surface area contributed by atoms with Crippen LogP contribution in [0.3, 0.4) is 0 Å². The first-order chi connectivity index (χ1) is 14.4. The van der Waals surface area contributed by atoms with Crippen molar-refractivity contribution in [3.63, 3.8) is 0 Å². The quantitative estimate of drug-likeness (QED) is 0.357. The van der Waals surface area contributed by atoms with Crippen molar-refractivity contribution in [2.75, 3.05) is 0 Å². The Morgan fingerprint density at radius 2 is 1.77 bits per heavy atom. The highest BCUT2D eigenvalue weighted by Gasteiger charge is 2.49. The molecule has 4 rings (SSSR count). The third kappa shape index (κ3) is 3.60. The summed E-state index contributed by atoms with van der Waals surface area (Å²) >= 11 is 3.47. The number of carbonyl (C=O) groups is 2. The van der Waals surface area contributed by atoms with Crippen molar-refractivity contribution >= 4 is 33.4 Å². The second-order valence-corrected chi connectivity index (χ2v) is 9.06. The number of benzene rings is 2. The third-order valence-electron chi connectivity index (χ3n) is 6.33. The van der Waals surface area contributed by atoms with Gasteiger partial charge in [-0.3, -0.25) is 9.59 Å². The van der Waals surface area contributed by atoms with Crippen LogP contribution in [0.2, 0.25) is 0 Å². The largest absolute Gasteiger partial charge is 0.507 e. The molecular weight excluding hydrogens is 442 g/mol. The van der Waals surface area contributed by atoms with Crippen LogP contribution in [0, 0.1) is 6.92 Å². The number of rotatable bonds is 4. The van der Waals surface area contributed by atoms with E-state index in [-0.39, 0.29) is 17.4 Å². The fraction of sp³-hybridized carbons (Fsp3) is 0.360. The van der Waals surface area contributed by atoms with Gasteiger partial charge >= 0.3 is 0 Å². The molecule has 1 heterocycles. The second kappa shape index (κ2) is 8.38. The van der Waals surface area contributed by atoms with Gasteiger partial charge in [0.1, 0.15) is 5.76 Å². The van der Waals surface area contributed by atoms with Crippen molar-refractivity contribution in [1.82, 2.24) is 4.90 Å². The predicted molar refractivity (Wildman–Crippen MR) is 121 cm³/mol. The molecule has 0 aromatic heterocycles. The van der Waals surface area contributed by atoms with Crippen molar-refractivity contribution in [2.24, 2.45) is 0 Å². The van der Waals surface area contributed by atoms with Crippen molar-refractivity contribution < 1.29 is 14.7 Å². The molecule has 1 saturated carbocycles.